The van der Waals surface area contributed by atoms with E-state index in [-0.39, 0.29) is 16.8 Å². The topological polar surface area (TPSA) is 61.2 Å². The number of cyclic esters (lactones) is 1. The minimum atomic E-state index is -0.287. The van der Waals surface area contributed by atoms with E-state index in [9.17, 15) is 9.59 Å². The summed E-state index contributed by atoms with van der Waals surface area (Å²) in [7, 11) is 0. The Morgan fingerprint density at radius 2 is 2.19 bits per heavy atom. The van der Waals surface area contributed by atoms with Gasteiger partial charge in [-0.25, -0.2) is 4.98 Å². The van der Waals surface area contributed by atoms with Crippen molar-refractivity contribution in [1.29, 1.82) is 0 Å². The minimum Gasteiger partial charge on any atom is -0.465 e. The van der Waals surface area contributed by atoms with Crippen LogP contribution >= 0.6 is 27.7 Å². The number of aromatic nitrogens is 2. The van der Waals surface area contributed by atoms with Gasteiger partial charge in [0.05, 0.1) is 17.5 Å². The van der Waals surface area contributed by atoms with Crippen molar-refractivity contribution in [2.24, 2.45) is 0 Å². The van der Waals surface area contributed by atoms with Crippen molar-refractivity contribution in [2.45, 2.75) is 55.5 Å². The molecule has 0 amide bonds. The van der Waals surface area contributed by atoms with Crippen LogP contribution in [0.5, 0.6) is 0 Å². The molecule has 0 radical (unpaired) electrons. The molecule has 2 aliphatic rings. The van der Waals surface area contributed by atoms with E-state index in [2.05, 4.69) is 22.0 Å². The SMILES string of the molecule is O=C1OCC[C@@H]1Sc1nc2ccc(Br)cc2c(=O)n1CCC1=CCCCC1. The molecule has 1 aromatic heterocycles. The standard InChI is InChI=1S/C20H21BrN2O3S/c21-14-6-7-16-15(12-14)18(24)23(10-8-13-4-2-1-3-5-13)20(22-16)27-17-9-11-26-19(17)25/h4,6-7,12,17H,1-3,5,8-11H2/t17-/m0/s1. The molecule has 27 heavy (non-hydrogen) atoms. The lowest BCUT2D eigenvalue weighted by Gasteiger charge is -2.17. The van der Waals surface area contributed by atoms with Gasteiger partial charge in [-0.3, -0.25) is 14.2 Å². The largest absolute Gasteiger partial charge is 0.465 e. The summed E-state index contributed by atoms with van der Waals surface area (Å²) in [6.45, 7) is 1.03. The molecule has 0 bridgehead atoms. The highest BCUT2D eigenvalue weighted by Crippen LogP contribution is 2.30. The Kier molecular flexibility index (Phi) is 5.68. The Balaban J connectivity index is 1.71. The van der Waals surface area contributed by atoms with Crippen molar-refractivity contribution in [1.82, 2.24) is 9.55 Å². The van der Waals surface area contributed by atoms with E-state index in [0.717, 1.165) is 23.7 Å². The van der Waals surface area contributed by atoms with Crippen LogP contribution < -0.4 is 5.56 Å². The number of carbonyl (C=O) groups is 1. The first kappa shape index (κ1) is 18.7. The normalized spacial score (nSPS) is 20.0. The zero-order chi connectivity index (χ0) is 18.8. The van der Waals surface area contributed by atoms with Gasteiger partial charge in [0, 0.05) is 17.4 Å². The van der Waals surface area contributed by atoms with Crippen molar-refractivity contribution < 1.29 is 9.53 Å². The monoisotopic (exact) mass is 448 g/mol. The Morgan fingerprint density at radius 3 is 2.93 bits per heavy atom. The number of ether oxygens (including phenoxy) is 1. The zero-order valence-electron chi connectivity index (χ0n) is 14.9. The first-order valence-electron chi connectivity index (χ1n) is 9.33. The van der Waals surface area contributed by atoms with E-state index in [4.69, 9.17) is 9.72 Å². The van der Waals surface area contributed by atoms with E-state index in [1.807, 2.05) is 18.2 Å². The second-order valence-corrected chi connectivity index (χ2v) is 9.02. The first-order chi connectivity index (χ1) is 13.1. The summed E-state index contributed by atoms with van der Waals surface area (Å²) < 4.78 is 7.67. The molecule has 1 atom stereocenters. The minimum absolute atomic E-state index is 0.0495. The number of halogens is 1. The van der Waals surface area contributed by atoms with Crippen LogP contribution in [0.1, 0.15) is 38.5 Å². The predicted molar refractivity (Wildman–Crippen MR) is 110 cm³/mol. The molecule has 0 saturated carbocycles. The lowest BCUT2D eigenvalue weighted by Crippen LogP contribution is -2.25. The van der Waals surface area contributed by atoms with Crippen molar-refractivity contribution in [3.05, 3.63) is 44.7 Å². The van der Waals surface area contributed by atoms with Crippen LogP contribution in [0.25, 0.3) is 10.9 Å². The molecule has 1 aliphatic heterocycles. The maximum Gasteiger partial charge on any atom is 0.319 e. The second-order valence-electron chi connectivity index (χ2n) is 6.93. The van der Waals surface area contributed by atoms with Crippen LogP contribution in [-0.2, 0) is 16.1 Å². The highest BCUT2D eigenvalue weighted by atomic mass is 79.9. The van der Waals surface area contributed by atoms with Gasteiger partial charge in [0.1, 0.15) is 5.25 Å². The Bertz CT molecular complexity index is 970. The molecule has 0 spiro atoms. The summed E-state index contributed by atoms with van der Waals surface area (Å²) in [5.41, 5.74) is 2.02. The van der Waals surface area contributed by atoms with Crippen molar-refractivity contribution in [3.8, 4) is 0 Å². The average molecular weight is 449 g/mol. The second kappa shape index (κ2) is 8.19. The number of carbonyl (C=O) groups excluding carboxylic acids is 1. The highest BCUT2D eigenvalue weighted by molar-refractivity contribution is 9.10. The number of hydrogen-bond donors (Lipinski definition) is 0. The average Bonchev–Trinajstić information content (AvgIpc) is 3.08. The number of fused-ring (bicyclic) bond motifs is 1. The van der Waals surface area contributed by atoms with E-state index in [1.165, 1.54) is 30.2 Å². The number of rotatable bonds is 5. The van der Waals surface area contributed by atoms with Crippen LogP contribution in [0.15, 0.2) is 44.3 Å². The van der Waals surface area contributed by atoms with Crippen molar-refractivity contribution in [3.63, 3.8) is 0 Å². The van der Waals surface area contributed by atoms with Gasteiger partial charge in [-0.2, -0.15) is 0 Å². The van der Waals surface area contributed by atoms with Crippen molar-refractivity contribution in [2.75, 3.05) is 6.61 Å². The zero-order valence-corrected chi connectivity index (χ0v) is 17.4. The summed E-state index contributed by atoms with van der Waals surface area (Å²) in [6.07, 6.45) is 8.52. The Hall–Kier alpha value is -1.60. The van der Waals surface area contributed by atoms with Gasteiger partial charge >= 0.3 is 5.97 Å². The molecule has 1 aliphatic carbocycles. The highest BCUT2D eigenvalue weighted by Gasteiger charge is 2.29. The Morgan fingerprint density at radius 1 is 1.30 bits per heavy atom. The summed E-state index contributed by atoms with van der Waals surface area (Å²) in [4.78, 5) is 29.8. The molecule has 7 heteroatoms. The number of nitrogens with zero attached hydrogens (tertiary/aromatic N) is 2. The van der Waals surface area contributed by atoms with Crippen LogP contribution in [0.2, 0.25) is 0 Å². The third kappa shape index (κ3) is 4.14. The number of benzene rings is 1. The number of esters is 1. The fourth-order valence-electron chi connectivity index (χ4n) is 3.56. The van der Waals surface area contributed by atoms with E-state index >= 15 is 0 Å². The maximum absolute atomic E-state index is 13.2. The van der Waals surface area contributed by atoms with Gasteiger partial charge in [0.2, 0.25) is 0 Å². The summed E-state index contributed by atoms with van der Waals surface area (Å²) in [6, 6.07) is 5.54. The number of hydrogen-bond acceptors (Lipinski definition) is 5. The van der Waals surface area contributed by atoms with Gasteiger partial charge in [-0.1, -0.05) is 39.3 Å². The molecular formula is C20H21BrN2O3S. The third-order valence-electron chi connectivity index (χ3n) is 5.06. The Labute approximate surface area is 170 Å². The van der Waals surface area contributed by atoms with E-state index in [0.29, 0.717) is 35.6 Å². The molecule has 1 aromatic carbocycles. The van der Waals surface area contributed by atoms with Gasteiger partial charge in [-0.05, 0) is 50.3 Å². The molecule has 0 N–H and O–H groups in total. The van der Waals surface area contributed by atoms with Crippen LogP contribution in [0.4, 0.5) is 0 Å². The smallest absolute Gasteiger partial charge is 0.319 e. The van der Waals surface area contributed by atoms with Gasteiger partial charge in [0.15, 0.2) is 5.16 Å². The quantitative estimate of drug-likeness (QED) is 0.383. The molecule has 2 heterocycles. The van der Waals surface area contributed by atoms with Gasteiger partial charge in [-0.15, -0.1) is 0 Å². The molecule has 142 valence electrons. The molecule has 0 unspecified atom stereocenters. The molecule has 1 saturated heterocycles. The lowest BCUT2D eigenvalue weighted by molar-refractivity contribution is -0.137. The molecular weight excluding hydrogens is 428 g/mol. The van der Waals surface area contributed by atoms with Crippen LogP contribution in [0, 0.1) is 0 Å². The number of allylic oxidation sites excluding steroid dienone is 2. The third-order valence-corrected chi connectivity index (χ3v) is 6.79. The molecule has 4 rings (SSSR count). The van der Waals surface area contributed by atoms with Crippen LogP contribution in [0.3, 0.4) is 0 Å². The maximum atomic E-state index is 13.2. The summed E-state index contributed by atoms with van der Waals surface area (Å²) in [5, 5.41) is 0.917. The number of thioether (sulfide) groups is 1. The van der Waals surface area contributed by atoms with E-state index < -0.39 is 0 Å². The fourth-order valence-corrected chi connectivity index (χ4v) is 5.01. The molecule has 5 nitrogen and oxygen atoms in total. The predicted octanol–water partition coefficient (Wildman–Crippen LogP) is 4.46. The van der Waals surface area contributed by atoms with E-state index in [1.54, 1.807) is 4.57 Å². The lowest BCUT2D eigenvalue weighted by atomic mass is 9.97. The van der Waals surface area contributed by atoms with Crippen molar-refractivity contribution >= 4 is 44.6 Å². The summed E-state index contributed by atoms with van der Waals surface area (Å²) in [5.74, 6) is -0.216. The fraction of sp³-hybridized carbons (Fsp3) is 0.450. The summed E-state index contributed by atoms with van der Waals surface area (Å²) >= 11 is 4.79. The first-order valence-corrected chi connectivity index (χ1v) is 11.0. The van der Waals surface area contributed by atoms with Gasteiger partial charge in [0.25, 0.3) is 5.56 Å². The molecule has 1 fully saturated rings. The van der Waals surface area contributed by atoms with Crippen LogP contribution in [-0.4, -0.2) is 27.4 Å². The van der Waals surface area contributed by atoms with Gasteiger partial charge < -0.3 is 4.74 Å². The molecule has 2 aromatic rings.